The number of carbonyl (C=O) groups excluding carboxylic acids is 3. The number of allylic oxidation sites excluding steroid dienone is 2. The van der Waals surface area contributed by atoms with E-state index in [0.717, 1.165) is 23.1 Å². The fraction of sp³-hybridized carbons (Fsp3) is 0.654. The highest BCUT2D eigenvalue weighted by Gasteiger charge is 2.50. The number of aliphatic hydroxyl groups is 1. The first-order valence-electron chi connectivity index (χ1n) is 11.5. The van der Waals surface area contributed by atoms with Crippen molar-refractivity contribution in [3.8, 4) is 0 Å². The minimum Gasteiger partial charge on any atom is -0.462 e. The molecule has 0 aromatic carbocycles. The second kappa shape index (κ2) is 11.1. The average Bonchev–Trinajstić information content (AvgIpc) is 3.02. The van der Waals surface area contributed by atoms with E-state index in [-0.39, 0.29) is 24.2 Å². The van der Waals surface area contributed by atoms with Gasteiger partial charge in [-0.3, -0.25) is 14.4 Å². The van der Waals surface area contributed by atoms with E-state index < -0.39 is 48.2 Å². The number of fused-ring (bicyclic) bond motifs is 1. The van der Waals surface area contributed by atoms with Gasteiger partial charge in [-0.05, 0) is 51.2 Å². The maximum absolute atomic E-state index is 12.1. The zero-order chi connectivity index (χ0) is 25.0. The van der Waals surface area contributed by atoms with Gasteiger partial charge in [-0.2, -0.15) is 0 Å². The van der Waals surface area contributed by atoms with Crippen molar-refractivity contribution in [2.45, 2.75) is 85.7 Å². The molecule has 0 saturated heterocycles. The van der Waals surface area contributed by atoms with Crippen molar-refractivity contribution in [3.05, 3.63) is 35.5 Å². The largest absolute Gasteiger partial charge is 0.462 e. The normalized spacial score (nSPS) is 29.5. The maximum atomic E-state index is 12.1. The lowest BCUT2D eigenvalue weighted by molar-refractivity contribution is -0.172. The molecule has 0 amide bonds. The summed E-state index contributed by atoms with van der Waals surface area (Å²) in [4.78, 5) is 36.0. The zero-order valence-corrected chi connectivity index (χ0v) is 20.8. The lowest BCUT2D eigenvalue weighted by Gasteiger charge is -2.39. The van der Waals surface area contributed by atoms with Crippen molar-refractivity contribution in [2.24, 2.45) is 23.7 Å². The molecule has 7 nitrogen and oxygen atoms in total. The third-order valence-electron chi connectivity index (χ3n) is 6.75. The summed E-state index contributed by atoms with van der Waals surface area (Å²) in [6.07, 6.45) is 1.89. The van der Waals surface area contributed by atoms with Crippen LogP contribution in [0.1, 0.15) is 61.3 Å². The van der Waals surface area contributed by atoms with Gasteiger partial charge in [0, 0.05) is 38.5 Å². The molecular formula is C26H38O7. The van der Waals surface area contributed by atoms with Gasteiger partial charge in [-0.1, -0.05) is 30.7 Å². The third-order valence-corrected chi connectivity index (χ3v) is 6.75. The second-order valence-corrected chi connectivity index (χ2v) is 9.63. The van der Waals surface area contributed by atoms with Crippen molar-refractivity contribution < 1.29 is 33.7 Å². The SMILES string of the molecule is C=C1[C@H](O)C[C@@H](C(C)C(OC(C)=O)C(C=C(C)C)OC(C)=O)[C@@H](OC(C)=O)[C@@H]2C(C)=CC[C@@H]12. The van der Waals surface area contributed by atoms with E-state index in [2.05, 4.69) is 12.7 Å². The van der Waals surface area contributed by atoms with Gasteiger partial charge in [-0.25, -0.2) is 0 Å². The Morgan fingerprint density at radius 3 is 2.21 bits per heavy atom. The van der Waals surface area contributed by atoms with Crippen LogP contribution in [0, 0.1) is 23.7 Å². The second-order valence-electron chi connectivity index (χ2n) is 9.63. The Labute approximate surface area is 196 Å². The number of esters is 3. The van der Waals surface area contributed by atoms with Crippen LogP contribution in [0.25, 0.3) is 0 Å². The lowest BCUT2D eigenvalue weighted by Crippen LogP contribution is -2.46. The summed E-state index contributed by atoms with van der Waals surface area (Å²) in [5, 5.41) is 11.0. The van der Waals surface area contributed by atoms with E-state index in [1.807, 2.05) is 27.7 Å². The van der Waals surface area contributed by atoms with Crippen molar-refractivity contribution in [1.82, 2.24) is 0 Å². The van der Waals surface area contributed by atoms with E-state index in [9.17, 15) is 19.5 Å². The zero-order valence-electron chi connectivity index (χ0n) is 20.8. The van der Waals surface area contributed by atoms with Gasteiger partial charge in [0.1, 0.15) is 12.2 Å². The minimum absolute atomic E-state index is 0.0317. The monoisotopic (exact) mass is 462 g/mol. The van der Waals surface area contributed by atoms with Crippen molar-refractivity contribution in [2.75, 3.05) is 0 Å². The Hall–Kier alpha value is -2.41. The summed E-state index contributed by atoms with van der Waals surface area (Å²) >= 11 is 0. The molecule has 0 heterocycles. The molecule has 184 valence electrons. The van der Waals surface area contributed by atoms with Crippen LogP contribution in [0.3, 0.4) is 0 Å². The molecule has 7 heteroatoms. The summed E-state index contributed by atoms with van der Waals surface area (Å²) in [5.74, 6) is -2.36. The molecule has 0 spiro atoms. The number of hydrogen-bond donors (Lipinski definition) is 1. The predicted molar refractivity (Wildman–Crippen MR) is 124 cm³/mol. The Morgan fingerprint density at radius 2 is 1.70 bits per heavy atom. The number of ether oxygens (including phenoxy) is 3. The van der Waals surface area contributed by atoms with Gasteiger partial charge >= 0.3 is 17.9 Å². The highest BCUT2D eigenvalue weighted by atomic mass is 16.6. The van der Waals surface area contributed by atoms with Gasteiger partial charge in [0.15, 0.2) is 6.10 Å². The Kier molecular flexibility index (Phi) is 9.06. The topological polar surface area (TPSA) is 99.1 Å². The van der Waals surface area contributed by atoms with E-state index >= 15 is 0 Å². The average molecular weight is 463 g/mol. The summed E-state index contributed by atoms with van der Waals surface area (Å²) in [6, 6.07) is 0. The molecule has 1 fully saturated rings. The maximum Gasteiger partial charge on any atom is 0.303 e. The first-order chi connectivity index (χ1) is 15.3. The van der Waals surface area contributed by atoms with Crippen molar-refractivity contribution in [3.63, 3.8) is 0 Å². The summed E-state index contributed by atoms with van der Waals surface area (Å²) in [6.45, 7) is 15.8. The molecule has 3 unspecified atom stereocenters. The molecule has 2 aliphatic rings. The van der Waals surface area contributed by atoms with Crippen LogP contribution >= 0.6 is 0 Å². The van der Waals surface area contributed by atoms with Crippen LogP contribution < -0.4 is 0 Å². The molecule has 2 rings (SSSR count). The van der Waals surface area contributed by atoms with Gasteiger partial charge in [0.25, 0.3) is 0 Å². The van der Waals surface area contributed by atoms with Gasteiger partial charge in [0.05, 0.1) is 6.10 Å². The predicted octanol–water partition coefficient (Wildman–Crippen LogP) is 3.90. The number of rotatable bonds is 7. The molecule has 1 saturated carbocycles. The van der Waals surface area contributed by atoms with Crippen LogP contribution in [-0.4, -0.2) is 47.4 Å². The van der Waals surface area contributed by atoms with Gasteiger partial charge in [0.2, 0.25) is 0 Å². The van der Waals surface area contributed by atoms with E-state index in [0.29, 0.717) is 0 Å². The fourth-order valence-corrected chi connectivity index (χ4v) is 5.33. The first kappa shape index (κ1) is 26.8. The van der Waals surface area contributed by atoms with Gasteiger partial charge in [-0.15, -0.1) is 0 Å². The molecule has 8 atom stereocenters. The quantitative estimate of drug-likeness (QED) is 0.348. The van der Waals surface area contributed by atoms with Crippen molar-refractivity contribution >= 4 is 17.9 Å². The van der Waals surface area contributed by atoms with Crippen LogP contribution in [0.4, 0.5) is 0 Å². The molecule has 1 N–H and O–H groups in total. The van der Waals surface area contributed by atoms with Crippen LogP contribution in [-0.2, 0) is 28.6 Å². The Bertz CT molecular complexity index is 836. The molecule has 0 bridgehead atoms. The smallest absolute Gasteiger partial charge is 0.303 e. The molecule has 0 radical (unpaired) electrons. The van der Waals surface area contributed by atoms with Crippen LogP contribution in [0.15, 0.2) is 35.5 Å². The fourth-order valence-electron chi connectivity index (χ4n) is 5.33. The molecule has 0 aromatic heterocycles. The number of carbonyl (C=O) groups is 3. The minimum atomic E-state index is -0.827. The summed E-state index contributed by atoms with van der Waals surface area (Å²) in [7, 11) is 0. The standard InChI is InChI=1S/C26H38O7/c1-13(2)11-23(31-17(6)27)25(32-18(7)28)16(5)21-12-22(30)15(4)20-10-9-14(3)24(20)26(21)33-19(8)29/h9,11,16,20-26,30H,4,10,12H2,1-3,5-8H3/t16?,20-,21-,22+,23?,24+,25?,26+/m0/s1. The molecule has 0 aromatic rings. The highest BCUT2D eigenvalue weighted by Crippen LogP contribution is 2.49. The van der Waals surface area contributed by atoms with E-state index in [4.69, 9.17) is 14.2 Å². The summed E-state index contributed by atoms with van der Waals surface area (Å²) in [5.41, 5.74) is 2.71. The Morgan fingerprint density at radius 1 is 1.09 bits per heavy atom. The summed E-state index contributed by atoms with van der Waals surface area (Å²) < 4.78 is 17.1. The third kappa shape index (κ3) is 6.56. The van der Waals surface area contributed by atoms with E-state index in [1.54, 1.807) is 6.08 Å². The van der Waals surface area contributed by atoms with Crippen LogP contribution in [0.5, 0.6) is 0 Å². The molecule has 0 aliphatic heterocycles. The molecule has 33 heavy (non-hydrogen) atoms. The first-order valence-corrected chi connectivity index (χ1v) is 11.5. The lowest BCUT2D eigenvalue weighted by atomic mass is 9.74. The van der Waals surface area contributed by atoms with Crippen molar-refractivity contribution in [1.29, 1.82) is 0 Å². The molecule has 2 aliphatic carbocycles. The van der Waals surface area contributed by atoms with E-state index in [1.165, 1.54) is 20.8 Å². The highest BCUT2D eigenvalue weighted by molar-refractivity contribution is 5.68. The van der Waals surface area contributed by atoms with Crippen LogP contribution in [0.2, 0.25) is 0 Å². The molecular weight excluding hydrogens is 424 g/mol. The number of aliphatic hydroxyl groups excluding tert-OH is 1. The number of hydrogen-bond acceptors (Lipinski definition) is 7. The van der Waals surface area contributed by atoms with Gasteiger partial charge < -0.3 is 19.3 Å². The Balaban J connectivity index is 2.56.